The largest absolute Gasteiger partial charge is 0.382 e. The van der Waals surface area contributed by atoms with Crippen LogP contribution in [0.3, 0.4) is 0 Å². The Morgan fingerprint density at radius 2 is 1.27 bits per heavy atom. The van der Waals surface area contributed by atoms with Crippen LogP contribution in [0.15, 0.2) is 19.0 Å². The summed E-state index contributed by atoms with van der Waals surface area (Å²) in [5.41, 5.74) is 18.4. The van der Waals surface area contributed by atoms with Gasteiger partial charge in [0.05, 0.1) is 25.9 Å². The fourth-order valence-electron chi connectivity index (χ4n) is 5.38. The minimum Gasteiger partial charge on any atom is -0.382 e. The Morgan fingerprint density at radius 1 is 0.756 bits per heavy atom. The lowest BCUT2D eigenvalue weighted by Gasteiger charge is -2.32. The lowest BCUT2D eigenvalue weighted by Crippen LogP contribution is -2.36. The van der Waals surface area contributed by atoms with Crippen molar-refractivity contribution in [2.75, 3.05) is 30.4 Å². The van der Waals surface area contributed by atoms with Gasteiger partial charge in [-0.05, 0) is 12.6 Å². The van der Waals surface area contributed by atoms with Gasteiger partial charge in [-0.3, -0.25) is 9.13 Å². The average molecular weight is 706 g/mol. The fraction of sp³-hybridized carbons (Fsp3) is 0.455. The number of hydrogen-bond donors (Lipinski definition) is 5. The van der Waals surface area contributed by atoms with Gasteiger partial charge in [-0.15, -0.1) is 0 Å². The third-order valence-electron chi connectivity index (χ3n) is 7.39. The van der Waals surface area contributed by atoms with E-state index in [1.165, 1.54) is 28.1 Å². The molecule has 0 saturated carbocycles. The van der Waals surface area contributed by atoms with Crippen LogP contribution in [-0.2, 0) is 27.6 Å². The molecular formula is C22H27F2N11O6P2S2. The molecule has 7 heterocycles. The molecule has 45 heavy (non-hydrogen) atoms. The molecule has 4 aromatic heterocycles. The average Bonchev–Trinajstić information content (AvgIpc) is 3.72. The predicted molar refractivity (Wildman–Crippen MR) is 169 cm³/mol. The van der Waals surface area contributed by atoms with Gasteiger partial charge in [-0.2, -0.15) is 9.97 Å². The second-order valence-corrected chi connectivity index (χ2v) is 17.5. The number of rotatable bonds is 2. The molecule has 0 amide bonds. The number of hydrogen-bond acceptors (Lipinski definition) is 17. The molecule has 4 aromatic rings. The van der Waals surface area contributed by atoms with Crippen molar-refractivity contribution in [1.82, 2.24) is 39.0 Å². The number of aromatic nitrogens is 8. The van der Waals surface area contributed by atoms with E-state index in [0.29, 0.717) is 0 Å². The molecule has 3 aliphatic rings. The van der Waals surface area contributed by atoms with Gasteiger partial charge in [-0.25, -0.2) is 28.7 Å². The molecule has 10 atom stereocenters. The van der Waals surface area contributed by atoms with Crippen LogP contribution < -0.4 is 17.2 Å². The number of nitrogens with zero attached hydrogens (tertiary/aromatic N) is 8. The van der Waals surface area contributed by atoms with Crippen LogP contribution in [-0.4, -0.2) is 102 Å². The first-order chi connectivity index (χ1) is 21.3. The van der Waals surface area contributed by atoms with Crippen molar-refractivity contribution in [2.45, 2.75) is 49.2 Å². The first-order valence-electron chi connectivity index (χ1n) is 13.2. The highest BCUT2D eigenvalue weighted by Gasteiger charge is 2.52. The number of nitrogen functional groups attached to an aromatic ring is 3. The summed E-state index contributed by atoms with van der Waals surface area (Å²) in [6.07, 6.45) is 0.842. The smallest absolute Gasteiger partial charge is 0.224 e. The number of ether oxygens (including phenoxy) is 2. The van der Waals surface area contributed by atoms with E-state index in [1.807, 2.05) is 0 Å². The molecule has 0 bridgehead atoms. The van der Waals surface area contributed by atoms with Crippen LogP contribution in [0.2, 0.25) is 0 Å². The van der Waals surface area contributed by atoms with E-state index in [4.69, 9.17) is 44.8 Å². The molecule has 6 N–H and O–H groups in total. The zero-order valence-electron chi connectivity index (χ0n) is 23.0. The van der Waals surface area contributed by atoms with Gasteiger partial charge in [0.25, 0.3) is 0 Å². The fourth-order valence-corrected chi connectivity index (χ4v) is 8.57. The molecule has 0 aromatic carbocycles. The topological polar surface area (TPSA) is 221 Å². The van der Waals surface area contributed by atoms with E-state index in [0.717, 1.165) is 0 Å². The molecule has 7 rings (SSSR count). The molecule has 3 fully saturated rings. The number of nitrogens with two attached hydrogens (primary N) is 3. The maximum Gasteiger partial charge on any atom is 0.224 e. The molecule has 17 nitrogen and oxygen atoms in total. The highest BCUT2D eigenvalue weighted by Crippen LogP contribution is 2.60. The summed E-state index contributed by atoms with van der Waals surface area (Å²) < 4.78 is 71.0. The number of imidazole rings is 2. The van der Waals surface area contributed by atoms with Crippen LogP contribution in [0.5, 0.6) is 0 Å². The van der Waals surface area contributed by atoms with E-state index < -0.39 is 62.3 Å². The summed E-state index contributed by atoms with van der Waals surface area (Å²) >= 11 is 8.97. The molecule has 23 heteroatoms. The first kappa shape index (κ1) is 31.0. The molecular weight excluding hydrogens is 678 g/mol. The summed E-state index contributed by atoms with van der Waals surface area (Å²) in [4.78, 5) is 24.4. The van der Waals surface area contributed by atoms with E-state index in [9.17, 15) is 0 Å². The molecule has 0 aliphatic carbocycles. The Kier molecular flexibility index (Phi) is 7.79. The molecule has 0 radical (unpaired) electrons. The van der Waals surface area contributed by atoms with E-state index >= 15 is 8.78 Å². The second kappa shape index (κ2) is 11.3. The zero-order chi connectivity index (χ0) is 31.8. The quantitative estimate of drug-likeness (QED) is 0.149. The van der Waals surface area contributed by atoms with Crippen molar-refractivity contribution in [3.05, 3.63) is 19.0 Å². The van der Waals surface area contributed by atoms with Crippen LogP contribution in [0.1, 0.15) is 12.5 Å². The van der Waals surface area contributed by atoms with Crippen LogP contribution in [0.4, 0.5) is 26.4 Å². The number of halogens is 2. The zero-order valence-corrected chi connectivity index (χ0v) is 26.6. The number of alkyl halides is 2. The minimum absolute atomic E-state index is 0.0147. The predicted octanol–water partition coefficient (Wildman–Crippen LogP) is 1.95. The third kappa shape index (κ3) is 5.58. The Balaban J connectivity index is 1.17. The SMILES string of the molecule is C=P1(S)OC[C@H]2O[C@@H](n3cnc4c(N)nc(N)nc43)[C@H](F)[C@@H]2OP(=C)(S)OC[C@@H]2O[C@H](n3cnc4c(N)ncnc43)[C@H](F)[C@H]2O1. The lowest BCUT2D eigenvalue weighted by atomic mass is 10.1. The number of fused-ring (bicyclic) bond motifs is 4. The molecule has 3 aliphatic heterocycles. The Hall–Kier alpha value is -2.58. The van der Waals surface area contributed by atoms with Crippen molar-refractivity contribution in [1.29, 1.82) is 0 Å². The van der Waals surface area contributed by atoms with Crippen molar-refractivity contribution in [3.63, 3.8) is 0 Å². The Labute approximate surface area is 263 Å². The second-order valence-electron chi connectivity index (χ2n) is 10.4. The van der Waals surface area contributed by atoms with Crippen molar-refractivity contribution < 1.29 is 36.3 Å². The van der Waals surface area contributed by atoms with E-state index in [-0.39, 0.29) is 53.1 Å². The number of anilines is 3. The Bertz CT molecular complexity index is 1890. The third-order valence-corrected chi connectivity index (χ3v) is 10.9. The maximum absolute atomic E-state index is 16.2. The molecule has 242 valence electrons. The summed E-state index contributed by atoms with van der Waals surface area (Å²) in [5.74, 6) is -0.000286. The van der Waals surface area contributed by atoms with E-state index in [1.54, 1.807) is 0 Å². The van der Waals surface area contributed by atoms with Gasteiger partial charge >= 0.3 is 0 Å². The van der Waals surface area contributed by atoms with Crippen LogP contribution >= 0.6 is 37.6 Å². The monoisotopic (exact) mass is 705 g/mol. The van der Waals surface area contributed by atoms with Crippen molar-refractivity contribution in [3.8, 4) is 0 Å². The highest BCUT2D eigenvalue weighted by molar-refractivity contribution is 8.48. The molecule has 3 saturated heterocycles. The maximum atomic E-state index is 16.2. The first-order valence-corrected chi connectivity index (χ1v) is 19.1. The Morgan fingerprint density at radius 3 is 1.82 bits per heavy atom. The van der Waals surface area contributed by atoms with Gasteiger partial charge in [0, 0.05) is 0 Å². The summed E-state index contributed by atoms with van der Waals surface area (Å²) in [6.45, 7) is -7.32. The van der Waals surface area contributed by atoms with Crippen molar-refractivity contribution >= 4 is 90.1 Å². The molecule has 0 spiro atoms. The summed E-state index contributed by atoms with van der Waals surface area (Å²) in [5, 5.41) is 0. The highest BCUT2D eigenvalue weighted by atomic mass is 32.7. The minimum atomic E-state index is -3.35. The number of thiol groups is 2. The van der Waals surface area contributed by atoms with Gasteiger partial charge < -0.3 is 44.8 Å². The van der Waals surface area contributed by atoms with Gasteiger partial charge in [0.15, 0.2) is 60.8 Å². The lowest BCUT2D eigenvalue weighted by molar-refractivity contribution is -0.0502. The van der Waals surface area contributed by atoms with Crippen LogP contribution in [0.25, 0.3) is 22.3 Å². The van der Waals surface area contributed by atoms with Gasteiger partial charge in [0.1, 0.15) is 41.8 Å². The van der Waals surface area contributed by atoms with Crippen molar-refractivity contribution in [2.24, 2.45) is 0 Å². The summed E-state index contributed by atoms with van der Waals surface area (Å²) in [7, 11) is 0. The van der Waals surface area contributed by atoms with Crippen LogP contribution in [0, 0.1) is 0 Å². The standard InChI is InChI=1S/C22H27F2N11O6P2S2/c1-42(44)37-4-9-15(11(24)21(39-9)35-7-31-13-17(26)32-22(27)33-19(13)35)41-43(2,45)36-3-8-14(40-42)10(23)20(38-8)34-6-30-12-16(25)28-5-29-18(12)34/h5-11,14-15,20-21,44-45H,1-4H2,(H2,25,28,29)(H4,26,27,32,33)/t8-,9+,10+,11+,14-,15+,20-,21+,42?,43?/m0/s1. The molecule has 2 unspecified atom stereocenters. The van der Waals surface area contributed by atoms with E-state index in [2.05, 4.69) is 67.0 Å². The summed E-state index contributed by atoms with van der Waals surface area (Å²) in [6, 6.07) is 0. The van der Waals surface area contributed by atoms with Gasteiger partial charge in [0.2, 0.25) is 5.95 Å². The normalized spacial score (nSPS) is 37.7. The van der Waals surface area contributed by atoms with Gasteiger partial charge in [-0.1, -0.05) is 24.5 Å².